The van der Waals surface area contributed by atoms with Crippen LogP contribution in [-0.2, 0) is 0 Å². The Morgan fingerprint density at radius 3 is 2.43 bits per heavy atom. The number of rotatable bonds is 3. The van der Waals surface area contributed by atoms with E-state index in [-0.39, 0.29) is 0 Å². The molecule has 0 rings (SSSR count). The van der Waals surface area contributed by atoms with Crippen LogP contribution in [0.2, 0.25) is 0 Å². The van der Waals surface area contributed by atoms with Crippen LogP contribution >= 0.6 is 0 Å². The molecule has 1 heteroatoms. The molecule has 0 saturated heterocycles. The lowest BCUT2D eigenvalue weighted by atomic mass is 10.2. The summed E-state index contributed by atoms with van der Waals surface area (Å²) in [6.45, 7) is 6.88. The van der Waals surface area contributed by atoms with Gasteiger partial charge < -0.3 is 5.11 Å². The average Bonchev–Trinajstić information content (AvgIpc) is 1.61. The predicted molar refractivity (Wildman–Crippen MR) is 30.8 cm³/mol. The molecule has 7 heavy (non-hydrogen) atoms. The van der Waals surface area contributed by atoms with E-state index in [1.165, 1.54) is 0 Å². The molecule has 0 aromatic rings. The Morgan fingerprint density at radius 2 is 2.29 bits per heavy atom. The number of aliphatic hydroxyl groups is 1. The Labute approximate surface area is 44.7 Å². The van der Waals surface area contributed by atoms with Gasteiger partial charge in [0.1, 0.15) is 0 Å². The minimum absolute atomic E-state index is 0.419. The molecule has 0 aliphatic carbocycles. The van der Waals surface area contributed by atoms with E-state index in [0.29, 0.717) is 0 Å². The van der Waals surface area contributed by atoms with Crippen LogP contribution < -0.4 is 0 Å². The van der Waals surface area contributed by atoms with Crippen molar-refractivity contribution >= 4 is 0 Å². The van der Waals surface area contributed by atoms with Gasteiger partial charge in [-0.15, -0.1) is 6.58 Å². The maximum absolute atomic E-state index is 8.52. The van der Waals surface area contributed by atoms with Gasteiger partial charge in [-0.1, -0.05) is 6.08 Å². The first-order valence-electron chi connectivity index (χ1n) is 2.39. The highest BCUT2D eigenvalue weighted by Gasteiger charge is 1.89. The van der Waals surface area contributed by atoms with Crippen LogP contribution in [-0.4, -0.2) is 11.2 Å². The third-order valence-corrected chi connectivity index (χ3v) is 0.704. The van der Waals surface area contributed by atoms with E-state index >= 15 is 0 Å². The molecular weight excluding hydrogens is 88.1 g/mol. The number of aliphatic hydroxyl groups excluding tert-OH is 1. The van der Waals surface area contributed by atoms with E-state index < -0.39 is 6.10 Å². The molecular formula is C6H11O. The molecule has 1 N–H and O–H groups in total. The summed E-state index contributed by atoms with van der Waals surface area (Å²) < 4.78 is 0. The molecule has 1 nitrogen and oxygen atoms in total. The maximum Gasteiger partial charge on any atom is 0.0544 e. The molecule has 0 spiro atoms. The molecule has 1 atom stereocenters. The lowest BCUT2D eigenvalue weighted by molar-refractivity contribution is 0.211. The van der Waals surface area contributed by atoms with Crippen molar-refractivity contribution in [1.82, 2.24) is 0 Å². The maximum atomic E-state index is 8.52. The van der Waals surface area contributed by atoms with Crippen molar-refractivity contribution in [2.24, 2.45) is 0 Å². The topological polar surface area (TPSA) is 20.2 Å². The molecule has 41 valence electrons. The zero-order valence-electron chi connectivity index (χ0n) is 4.43. The first-order valence-corrected chi connectivity index (χ1v) is 2.39. The third kappa shape index (κ3) is 5.70. The van der Waals surface area contributed by atoms with Crippen molar-refractivity contribution in [3.05, 3.63) is 19.6 Å². The molecule has 0 heterocycles. The van der Waals surface area contributed by atoms with Gasteiger partial charge in [-0.2, -0.15) is 0 Å². The number of hydrogen-bond acceptors (Lipinski definition) is 1. The molecule has 0 aromatic heterocycles. The van der Waals surface area contributed by atoms with Crippen LogP contribution in [0.1, 0.15) is 12.8 Å². The van der Waals surface area contributed by atoms with E-state index in [1.807, 2.05) is 0 Å². The van der Waals surface area contributed by atoms with Gasteiger partial charge in [-0.25, -0.2) is 0 Å². The van der Waals surface area contributed by atoms with Crippen molar-refractivity contribution in [2.45, 2.75) is 18.9 Å². The summed E-state index contributed by atoms with van der Waals surface area (Å²) in [6, 6.07) is 0. The summed E-state index contributed by atoms with van der Waals surface area (Å²) in [6.07, 6.45) is 2.93. The van der Waals surface area contributed by atoms with E-state index in [9.17, 15) is 0 Å². The molecule has 0 saturated carbocycles. The first-order chi connectivity index (χ1) is 3.27. The van der Waals surface area contributed by atoms with Crippen molar-refractivity contribution in [3.8, 4) is 0 Å². The Morgan fingerprint density at radius 1 is 1.71 bits per heavy atom. The van der Waals surface area contributed by atoms with E-state index in [0.717, 1.165) is 12.8 Å². The Kier molecular flexibility index (Phi) is 3.71. The minimum Gasteiger partial charge on any atom is -0.393 e. The standard InChI is InChI=1S/C6H11O/c1-3-4-5-6(2)7/h3,6-7H,1-2,4-5H2. The largest absolute Gasteiger partial charge is 0.393 e. The Hall–Kier alpha value is -0.300. The monoisotopic (exact) mass is 99.1 g/mol. The Bertz CT molecular complexity index is 48.1. The minimum atomic E-state index is -0.419. The van der Waals surface area contributed by atoms with Crippen LogP contribution in [0, 0.1) is 6.92 Å². The highest BCUT2D eigenvalue weighted by atomic mass is 16.3. The normalized spacial score (nSPS) is 13.4. The summed E-state index contributed by atoms with van der Waals surface area (Å²) in [5.41, 5.74) is 0. The Balaban J connectivity index is 2.81. The molecule has 1 unspecified atom stereocenters. The molecule has 0 aliphatic rings. The van der Waals surface area contributed by atoms with Gasteiger partial charge in [0.25, 0.3) is 0 Å². The highest BCUT2D eigenvalue weighted by molar-refractivity contribution is 4.69. The van der Waals surface area contributed by atoms with Gasteiger partial charge in [0.2, 0.25) is 0 Å². The summed E-state index contributed by atoms with van der Waals surface area (Å²) in [5.74, 6) is 0. The fourth-order valence-electron chi connectivity index (χ4n) is 0.310. The fourth-order valence-corrected chi connectivity index (χ4v) is 0.310. The van der Waals surface area contributed by atoms with Gasteiger partial charge in [-0.05, 0) is 19.8 Å². The summed E-state index contributed by atoms with van der Waals surface area (Å²) in [7, 11) is 0. The molecule has 0 fully saturated rings. The predicted octanol–water partition coefficient (Wildman–Crippen LogP) is 1.15. The van der Waals surface area contributed by atoms with E-state index in [1.54, 1.807) is 6.08 Å². The van der Waals surface area contributed by atoms with Crippen LogP contribution in [0.5, 0.6) is 0 Å². The second-order valence-electron chi connectivity index (χ2n) is 1.52. The van der Waals surface area contributed by atoms with Crippen LogP contribution in [0.3, 0.4) is 0 Å². The highest BCUT2D eigenvalue weighted by Crippen LogP contribution is 1.93. The average molecular weight is 99.2 g/mol. The molecule has 0 aliphatic heterocycles. The van der Waals surface area contributed by atoms with E-state index in [4.69, 9.17) is 5.11 Å². The summed E-state index contributed by atoms with van der Waals surface area (Å²) >= 11 is 0. The van der Waals surface area contributed by atoms with Gasteiger partial charge in [0.15, 0.2) is 0 Å². The molecule has 0 aromatic carbocycles. The van der Waals surface area contributed by atoms with Crippen LogP contribution in [0.15, 0.2) is 12.7 Å². The van der Waals surface area contributed by atoms with Crippen molar-refractivity contribution in [2.75, 3.05) is 0 Å². The summed E-state index contributed by atoms with van der Waals surface area (Å²) in [4.78, 5) is 0. The first kappa shape index (κ1) is 6.70. The van der Waals surface area contributed by atoms with E-state index in [2.05, 4.69) is 13.5 Å². The third-order valence-electron chi connectivity index (χ3n) is 0.704. The van der Waals surface area contributed by atoms with Gasteiger partial charge in [-0.3, -0.25) is 0 Å². The second kappa shape index (κ2) is 3.88. The molecule has 1 radical (unpaired) electrons. The molecule has 0 amide bonds. The summed E-state index contributed by atoms with van der Waals surface area (Å²) in [5, 5.41) is 8.52. The zero-order valence-corrected chi connectivity index (χ0v) is 4.43. The lowest BCUT2D eigenvalue weighted by Crippen LogP contribution is -1.97. The van der Waals surface area contributed by atoms with Crippen LogP contribution in [0.4, 0.5) is 0 Å². The van der Waals surface area contributed by atoms with Crippen molar-refractivity contribution < 1.29 is 5.11 Å². The van der Waals surface area contributed by atoms with Crippen molar-refractivity contribution in [3.63, 3.8) is 0 Å². The fraction of sp³-hybridized carbons (Fsp3) is 0.500. The molecule has 0 bridgehead atoms. The second-order valence-corrected chi connectivity index (χ2v) is 1.52. The zero-order chi connectivity index (χ0) is 5.70. The van der Waals surface area contributed by atoms with Gasteiger partial charge >= 0.3 is 0 Å². The quantitative estimate of drug-likeness (QED) is 0.526. The lowest BCUT2D eigenvalue weighted by Gasteiger charge is -1.96. The number of allylic oxidation sites excluding steroid dienone is 1. The number of hydrogen-bond donors (Lipinski definition) is 1. The smallest absolute Gasteiger partial charge is 0.0544 e. The van der Waals surface area contributed by atoms with Gasteiger partial charge in [0, 0.05) is 0 Å². The van der Waals surface area contributed by atoms with Crippen LogP contribution in [0.25, 0.3) is 0 Å². The SMILES string of the molecule is [CH2]C(O)CCC=C. The van der Waals surface area contributed by atoms with Gasteiger partial charge in [0.05, 0.1) is 6.10 Å². The van der Waals surface area contributed by atoms with Crippen molar-refractivity contribution in [1.29, 1.82) is 0 Å².